The number of benzene rings is 1. The van der Waals surface area contributed by atoms with Crippen molar-refractivity contribution in [2.45, 2.75) is 37.8 Å². The van der Waals surface area contributed by atoms with Crippen LogP contribution in [0.1, 0.15) is 35.7 Å². The number of aliphatic carboxylic acids is 1. The van der Waals surface area contributed by atoms with Gasteiger partial charge in [-0.1, -0.05) is 11.8 Å². The fourth-order valence-electron chi connectivity index (χ4n) is 2.64. The monoisotopic (exact) mass is 438 g/mol. The van der Waals surface area contributed by atoms with E-state index >= 15 is 0 Å². The number of hydrogen-bond acceptors (Lipinski definition) is 5. The number of rotatable bonds is 7. The molecule has 0 bridgehead atoms. The zero-order valence-corrected chi connectivity index (χ0v) is 16.8. The Labute approximate surface area is 177 Å². The fourth-order valence-corrected chi connectivity index (χ4v) is 2.64. The van der Waals surface area contributed by atoms with Gasteiger partial charge in [0.25, 0.3) is 18.2 Å². The summed E-state index contributed by atoms with van der Waals surface area (Å²) in [6, 6.07) is 3.62. The molecule has 168 valence electrons. The minimum absolute atomic E-state index is 0.0170. The standard InChI is InChI=1S/C19H20F2N2O6.C2H4/c1-19(28,18(20)21)15(17(27)23-29)22-16(26)11-5-2-10(3-6-11)4-7-12-8-13(12)9-14(24)25;1-2/h2-3,5-6,12-13,15,18,28-29H,8-9H2,1H3,(H,22,26)(H,23,27)(H,24,25);1-2H2. The predicted molar refractivity (Wildman–Crippen MR) is 106 cm³/mol. The van der Waals surface area contributed by atoms with Crippen molar-refractivity contribution in [3.63, 3.8) is 0 Å². The van der Waals surface area contributed by atoms with Gasteiger partial charge in [-0.05, 0) is 43.5 Å². The number of carbonyl (C=O) groups excluding carboxylic acids is 2. The smallest absolute Gasteiger partial charge is 0.303 e. The molecular formula is C21H24F2N2O6. The highest BCUT2D eigenvalue weighted by Crippen LogP contribution is 2.40. The van der Waals surface area contributed by atoms with Gasteiger partial charge in [-0.2, -0.15) is 0 Å². The Morgan fingerprint density at radius 2 is 1.84 bits per heavy atom. The maximum absolute atomic E-state index is 13.0. The van der Waals surface area contributed by atoms with E-state index in [1.165, 1.54) is 24.3 Å². The van der Waals surface area contributed by atoms with Gasteiger partial charge in [0, 0.05) is 23.5 Å². The largest absolute Gasteiger partial charge is 0.481 e. The molecular weight excluding hydrogens is 414 g/mol. The minimum Gasteiger partial charge on any atom is -0.481 e. The van der Waals surface area contributed by atoms with E-state index in [0.29, 0.717) is 12.5 Å². The fraction of sp³-hybridized carbons (Fsp3) is 0.381. The van der Waals surface area contributed by atoms with Gasteiger partial charge < -0.3 is 15.5 Å². The Morgan fingerprint density at radius 1 is 1.26 bits per heavy atom. The van der Waals surface area contributed by atoms with Crippen LogP contribution in [-0.4, -0.2) is 51.3 Å². The average molecular weight is 438 g/mol. The molecule has 10 heteroatoms. The normalized spacial score (nSPS) is 19.4. The lowest BCUT2D eigenvalue weighted by Gasteiger charge is -2.30. The molecule has 8 nitrogen and oxygen atoms in total. The molecule has 5 N–H and O–H groups in total. The summed E-state index contributed by atoms with van der Waals surface area (Å²) < 4.78 is 26.0. The third-order valence-corrected chi connectivity index (χ3v) is 4.58. The van der Waals surface area contributed by atoms with Crippen LogP contribution in [0.2, 0.25) is 0 Å². The molecule has 0 saturated heterocycles. The molecule has 0 aliphatic heterocycles. The van der Waals surface area contributed by atoms with Gasteiger partial charge in [0.1, 0.15) is 6.04 Å². The van der Waals surface area contributed by atoms with Gasteiger partial charge in [0.2, 0.25) is 0 Å². The first kappa shape index (κ1) is 25.7. The van der Waals surface area contributed by atoms with E-state index in [-0.39, 0.29) is 23.8 Å². The molecule has 1 aromatic carbocycles. The molecule has 4 unspecified atom stereocenters. The van der Waals surface area contributed by atoms with Gasteiger partial charge in [-0.25, -0.2) is 14.3 Å². The summed E-state index contributed by atoms with van der Waals surface area (Å²) in [7, 11) is 0. The van der Waals surface area contributed by atoms with Crippen molar-refractivity contribution in [2.75, 3.05) is 0 Å². The highest BCUT2D eigenvalue weighted by molar-refractivity contribution is 5.97. The van der Waals surface area contributed by atoms with Gasteiger partial charge >= 0.3 is 5.97 Å². The second kappa shape index (κ2) is 11.2. The zero-order chi connectivity index (χ0) is 23.8. The number of amides is 2. The number of alkyl halides is 2. The minimum atomic E-state index is -3.37. The van der Waals surface area contributed by atoms with Crippen molar-refractivity contribution in [3.8, 4) is 11.8 Å². The summed E-state index contributed by atoms with van der Waals surface area (Å²) in [5, 5.41) is 29.2. The summed E-state index contributed by atoms with van der Waals surface area (Å²) in [5.41, 5.74) is -1.19. The van der Waals surface area contributed by atoms with E-state index in [4.69, 9.17) is 10.3 Å². The lowest BCUT2D eigenvalue weighted by Crippen LogP contribution is -2.61. The van der Waals surface area contributed by atoms with E-state index in [0.717, 1.165) is 11.9 Å². The lowest BCUT2D eigenvalue weighted by atomic mass is 9.95. The Balaban J connectivity index is 0.00000233. The van der Waals surface area contributed by atoms with E-state index in [1.807, 2.05) is 5.32 Å². The van der Waals surface area contributed by atoms with Crippen molar-refractivity contribution in [2.24, 2.45) is 11.8 Å². The molecule has 4 atom stereocenters. The van der Waals surface area contributed by atoms with Crippen LogP contribution in [0.5, 0.6) is 0 Å². The summed E-state index contributed by atoms with van der Waals surface area (Å²) in [6.45, 7) is 6.66. The number of carbonyl (C=O) groups is 3. The molecule has 2 amide bonds. The van der Waals surface area contributed by atoms with Gasteiger partial charge in [-0.3, -0.25) is 19.6 Å². The second-order valence-electron chi connectivity index (χ2n) is 6.96. The van der Waals surface area contributed by atoms with Crippen molar-refractivity contribution in [1.82, 2.24) is 10.8 Å². The molecule has 1 fully saturated rings. The molecule has 0 radical (unpaired) electrons. The number of carboxylic acids is 1. The Kier molecular flexibility index (Phi) is 9.30. The van der Waals surface area contributed by atoms with Gasteiger partial charge in [0.05, 0.1) is 0 Å². The average Bonchev–Trinajstić information content (AvgIpc) is 3.48. The number of nitrogens with one attached hydrogen (secondary N) is 2. The van der Waals surface area contributed by atoms with Crippen molar-refractivity contribution >= 4 is 17.8 Å². The number of carboxylic acid groups (broad SMARTS) is 1. The Bertz CT molecular complexity index is 861. The van der Waals surface area contributed by atoms with Crippen LogP contribution in [0.3, 0.4) is 0 Å². The highest BCUT2D eigenvalue weighted by Gasteiger charge is 2.46. The van der Waals surface area contributed by atoms with E-state index in [1.54, 1.807) is 0 Å². The first-order valence-corrected chi connectivity index (χ1v) is 9.15. The van der Waals surface area contributed by atoms with Crippen molar-refractivity contribution < 1.29 is 38.6 Å². The maximum atomic E-state index is 13.0. The van der Waals surface area contributed by atoms with Crippen LogP contribution in [0, 0.1) is 23.7 Å². The quantitative estimate of drug-likeness (QED) is 0.190. The number of aliphatic hydroxyl groups is 1. The third kappa shape index (κ3) is 7.16. The molecule has 1 aliphatic rings. The molecule has 2 rings (SSSR count). The highest BCUT2D eigenvalue weighted by atomic mass is 19.3. The molecule has 0 aromatic heterocycles. The van der Waals surface area contributed by atoms with Crippen LogP contribution in [-0.2, 0) is 9.59 Å². The summed E-state index contributed by atoms with van der Waals surface area (Å²) >= 11 is 0. The number of hydroxylamine groups is 1. The molecule has 1 aliphatic carbocycles. The molecule has 0 spiro atoms. The first-order chi connectivity index (χ1) is 14.6. The van der Waals surface area contributed by atoms with E-state index < -0.39 is 35.9 Å². The summed E-state index contributed by atoms with van der Waals surface area (Å²) in [5.74, 6) is 2.71. The Morgan fingerprint density at radius 3 is 2.32 bits per heavy atom. The summed E-state index contributed by atoms with van der Waals surface area (Å²) in [6.07, 6.45) is -2.57. The van der Waals surface area contributed by atoms with Crippen LogP contribution in [0.15, 0.2) is 37.4 Å². The van der Waals surface area contributed by atoms with Gasteiger partial charge in [-0.15, -0.1) is 13.2 Å². The van der Waals surface area contributed by atoms with E-state index in [9.17, 15) is 28.3 Å². The molecule has 1 saturated carbocycles. The predicted octanol–water partition coefficient (Wildman–Crippen LogP) is 1.57. The van der Waals surface area contributed by atoms with Crippen LogP contribution in [0.25, 0.3) is 0 Å². The second-order valence-corrected chi connectivity index (χ2v) is 6.96. The number of halogens is 2. The van der Waals surface area contributed by atoms with Crippen LogP contribution < -0.4 is 10.8 Å². The topological polar surface area (TPSA) is 136 Å². The Hall–Kier alpha value is -3.29. The van der Waals surface area contributed by atoms with Crippen LogP contribution in [0.4, 0.5) is 8.78 Å². The molecule has 1 aromatic rings. The molecule has 0 heterocycles. The molecule has 31 heavy (non-hydrogen) atoms. The van der Waals surface area contributed by atoms with Crippen molar-refractivity contribution in [3.05, 3.63) is 48.6 Å². The van der Waals surface area contributed by atoms with E-state index in [2.05, 4.69) is 25.0 Å². The summed E-state index contributed by atoms with van der Waals surface area (Å²) in [4.78, 5) is 34.5. The SMILES string of the molecule is C=C.CC(O)(C(F)F)C(NC(=O)c1ccc(C#CC2CC2CC(=O)O)cc1)C(=O)NO. The van der Waals surface area contributed by atoms with Crippen molar-refractivity contribution in [1.29, 1.82) is 0 Å². The van der Waals surface area contributed by atoms with Crippen LogP contribution >= 0.6 is 0 Å². The third-order valence-electron chi connectivity index (χ3n) is 4.58. The maximum Gasteiger partial charge on any atom is 0.303 e. The zero-order valence-electron chi connectivity index (χ0n) is 16.8. The number of hydrogen-bond donors (Lipinski definition) is 5. The lowest BCUT2D eigenvalue weighted by molar-refractivity contribution is -0.149. The van der Waals surface area contributed by atoms with Gasteiger partial charge in [0.15, 0.2) is 5.60 Å². The first-order valence-electron chi connectivity index (χ1n) is 9.15.